The van der Waals surface area contributed by atoms with Crippen molar-refractivity contribution < 1.29 is 4.42 Å². The quantitative estimate of drug-likeness (QED) is 0.156. The van der Waals surface area contributed by atoms with Gasteiger partial charge in [-0.1, -0.05) is 121 Å². The first kappa shape index (κ1) is 60.4. The van der Waals surface area contributed by atoms with Crippen LogP contribution in [0.4, 0.5) is 0 Å². The van der Waals surface area contributed by atoms with Crippen LogP contribution in [-0.4, -0.2) is 230 Å². The van der Waals surface area contributed by atoms with Gasteiger partial charge in [-0.25, -0.2) is 9.97 Å². The summed E-state index contributed by atoms with van der Waals surface area (Å²) in [7, 11) is 64.9. The third-order valence-electron chi connectivity index (χ3n) is 22.7. The van der Waals surface area contributed by atoms with E-state index >= 15 is 0 Å². The molecule has 0 aliphatic rings. The fourth-order valence-electron chi connectivity index (χ4n) is 15.8. The van der Waals surface area contributed by atoms with Gasteiger partial charge in [-0.05, 0) is 67.8 Å². The van der Waals surface area contributed by atoms with Gasteiger partial charge < -0.3 is 4.42 Å². The van der Waals surface area contributed by atoms with Gasteiger partial charge in [0.25, 0.3) is 0 Å². The fourth-order valence-corrected chi connectivity index (χ4v) is 16.9. The van der Waals surface area contributed by atoms with Gasteiger partial charge in [-0.2, -0.15) is 0 Å². The normalized spacial score (nSPS) is 11.7. The van der Waals surface area contributed by atoms with E-state index in [0.29, 0.717) is 0 Å². The average Bonchev–Trinajstić information content (AvgIpc) is 1.52. The van der Waals surface area contributed by atoms with Crippen molar-refractivity contribution in [2.24, 2.45) is 0 Å². The standard InChI is InChI=1S/C52H60B28N2OS/c53-20-9(10-26(59)28(61)12(29(62)27(10)60)14-32(65)43(76)46(79)44(77)33(14)66)35(68)47(80)51-17(20)18-37(70)40(73)36(69)16(50(18)83-51)15-21(54)19(38(71)39(72)34(15)67)49-52-48(81-4-82-49)6-3-5(1-2-7(6)84-52)8-22(55)24(57)11(25(58)23(8)56)13-30(63)41(74)45(78)42(75)31(13)64/h1-4H,53-80H2. The van der Waals surface area contributed by atoms with Crippen LogP contribution in [0.3, 0.4) is 0 Å². The Bertz CT molecular complexity index is 4780. The minimum Gasteiger partial charge on any atom is -0.456 e. The minimum atomic E-state index is 0.974. The molecule has 84 heavy (non-hydrogen) atoms. The highest BCUT2D eigenvalue weighted by atomic mass is 32.1. The van der Waals surface area contributed by atoms with Crippen LogP contribution < -0.4 is 153 Å². The first-order valence-corrected chi connectivity index (χ1v) is 31.3. The Morgan fingerprint density at radius 3 is 1.05 bits per heavy atom. The average molecular weight is 1060 g/mol. The number of thiophene rings is 1. The molecule has 0 aliphatic carbocycles. The lowest BCUT2D eigenvalue weighted by Gasteiger charge is -2.29. The second-order valence-corrected chi connectivity index (χ2v) is 27.0. The van der Waals surface area contributed by atoms with Crippen LogP contribution in [0.5, 0.6) is 0 Å². The maximum atomic E-state index is 7.53. The summed E-state index contributed by atoms with van der Waals surface area (Å²) in [5.41, 5.74) is 55.8. The van der Waals surface area contributed by atoms with Crippen LogP contribution >= 0.6 is 11.3 Å². The molecule has 3 heterocycles. The zero-order valence-corrected chi connectivity index (χ0v) is 56.8. The molecule has 0 unspecified atom stereocenters. The summed E-state index contributed by atoms with van der Waals surface area (Å²) in [6.07, 6.45) is 1.80. The first-order chi connectivity index (χ1) is 39.4. The van der Waals surface area contributed by atoms with Gasteiger partial charge in [0.2, 0.25) is 0 Å². The number of nitrogens with zero attached hydrogens (tertiary/aromatic N) is 2. The number of fused-ring (bicyclic) bond motifs is 6. The Balaban J connectivity index is 1.11. The highest BCUT2D eigenvalue weighted by Gasteiger charge is 2.31. The maximum absolute atomic E-state index is 7.53. The zero-order chi connectivity index (χ0) is 61.4. The molecule has 8 aromatic carbocycles. The van der Waals surface area contributed by atoms with E-state index in [9.17, 15) is 0 Å². The summed E-state index contributed by atoms with van der Waals surface area (Å²) >= 11 is 1.82. The maximum Gasteiger partial charge on any atom is 0.143 e. The number of hydrogen-bond acceptors (Lipinski definition) is 4. The number of furan rings is 1. The molecule has 0 saturated carbocycles. The van der Waals surface area contributed by atoms with Crippen molar-refractivity contribution >= 4 is 426 Å². The van der Waals surface area contributed by atoms with Crippen molar-refractivity contribution in [1.29, 1.82) is 0 Å². The van der Waals surface area contributed by atoms with E-state index in [1.165, 1.54) is 235 Å². The van der Waals surface area contributed by atoms with Crippen LogP contribution in [0.1, 0.15) is 0 Å². The molecule has 3 aromatic heterocycles. The molecular formula is C52H60B28N2OS. The fraction of sp³-hybridized carbons (Fsp3) is 0. The van der Waals surface area contributed by atoms with E-state index in [-0.39, 0.29) is 0 Å². The molecular weight excluding hydrogens is 1000 g/mol. The van der Waals surface area contributed by atoms with Gasteiger partial charge in [0.1, 0.15) is 237 Å². The summed E-state index contributed by atoms with van der Waals surface area (Å²) in [4.78, 5) is 10.4. The molecule has 0 atom stereocenters. The topological polar surface area (TPSA) is 38.9 Å². The third kappa shape index (κ3) is 8.32. The number of aromatic nitrogens is 2. The largest absolute Gasteiger partial charge is 0.456 e. The Morgan fingerprint density at radius 2 is 0.595 bits per heavy atom. The monoisotopic (exact) mass is 1070 g/mol. The molecule has 0 saturated heterocycles. The predicted octanol–water partition coefficient (Wildman–Crippen LogP) is -34.0. The summed E-state index contributed by atoms with van der Waals surface area (Å²) < 4.78 is 9.86. The van der Waals surface area contributed by atoms with Gasteiger partial charge in [-0.15, -0.1) is 49.6 Å². The van der Waals surface area contributed by atoms with Crippen molar-refractivity contribution in [1.82, 2.24) is 9.97 Å². The summed E-state index contributed by atoms with van der Waals surface area (Å²) in [6.45, 7) is 0. The minimum absolute atomic E-state index is 0.974. The predicted molar refractivity (Wildman–Crippen MR) is 464 cm³/mol. The van der Waals surface area contributed by atoms with Gasteiger partial charge in [0.05, 0.1) is 15.9 Å². The molecule has 0 bridgehead atoms. The molecule has 11 aromatic rings. The van der Waals surface area contributed by atoms with E-state index < -0.39 is 0 Å². The molecule has 0 amide bonds. The molecule has 0 aliphatic heterocycles. The lowest BCUT2D eigenvalue weighted by molar-refractivity contribution is 0.673. The van der Waals surface area contributed by atoms with Crippen molar-refractivity contribution in [3.05, 3.63) is 24.5 Å². The third-order valence-corrected chi connectivity index (χ3v) is 23.9. The van der Waals surface area contributed by atoms with E-state index in [0.717, 1.165) is 27.1 Å². The van der Waals surface area contributed by atoms with Gasteiger partial charge in [0.15, 0.2) is 0 Å². The zero-order valence-electron chi connectivity index (χ0n) is 56.0. The molecule has 32 heteroatoms. The van der Waals surface area contributed by atoms with Crippen molar-refractivity contribution in [2.75, 3.05) is 0 Å². The van der Waals surface area contributed by atoms with Crippen molar-refractivity contribution in [3.8, 4) is 66.9 Å². The highest BCUT2D eigenvalue weighted by molar-refractivity contribution is 7.26. The lowest BCUT2D eigenvalue weighted by atomic mass is 9.55. The number of hydrogen-bond donors (Lipinski definition) is 0. The second-order valence-electron chi connectivity index (χ2n) is 26.0. The smallest absolute Gasteiger partial charge is 0.143 e. The molecule has 0 radical (unpaired) electrons. The first-order valence-electron chi connectivity index (χ1n) is 30.5. The summed E-state index contributed by atoms with van der Waals surface area (Å²) in [5.74, 6) is 0. The Hall–Kier alpha value is -5.32. The Kier molecular flexibility index (Phi) is 15.3. The van der Waals surface area contributed by atoms with Crippen LogP contribution in [0.2, 0.25) is 0 Å². The SMILES string of the molecule is Bc1c(B)c(B)c(-c2c(B)c(B)c(-c3ccc4sc5c(-c6c(B)c(B)c(B)c(-c7c(B)c(B)c(B)c8c7oc7c(B)c(B)c(-c9c(B)c(B)c(-c%10c(B)c(B)c(B)c(B)c%10B)c(B)c9B)c(B)c78)c6B)ncnc5c4c3)c(B)c2B)c(B)c1B. The van der Waals surface area contributed by atoms with Gasteiger partial charge in [-0.3, -0.25) is 0 Å². The van der Waals surface area contributed by atoms with Crippen LogP contribution in [-0.2, 0) is 0 Å². The van der Waals surface area contributed by atoms with E-state index in [1.807, 2.05) is 11.3 Å². The molecule has 0 N–H and O–H groups in total. The number of rotatable bonds is 6. The van der Waals surface area contributed by atoms with Gasteiger partial charge in [0, 0.05) is 26.4 Å². The molecule has 374 valence electrons. The number of benzene rings is 8. The van der Waals surface area contributed by atoms with Crippen LogP contribution in [0.15, 0.2) is 28.9 Å². The molecule has 11 rings (SSSR count). The van der Waals surface area contributed by atoms with E-state index in [1.54, 1.807) is 6.33 Å². The molecule has 3 nitrogen and oxygen atoms in total. The molecule has 0 fully saturated rings. The Labute approximate surface area is 528 Å². The van der Waals surface area contributed by atoms with Crippen LogP contribution in [0, 0.1) is 0 Å². The van der Waals surface area contributed by atoms with Crippen molar-refractivity contribution in [3.63, 3.8) is 0 Å². The van der Waals surface area contributed by atoms with Gasteiger partial charge >= 0.3 is 0 Å². The van der Waals surface area contributed by atoms with Crippen molar-refractivity contribution in [2.45, 2.75) is 0 Å². The van der Waals surface area contributed by atoms with E-state index in [2.05, 4.69) is 238 Å². The van der Waals surface area contributed by atoms with E-state index in [4.69, 9.17) is 14.4 Å². The lowest BCUT2D eigenvalue weighted by Crippen LogP contribution is -2.57. The van der Waals surface area contributed by atoms with Crippen LogP contribution in [0.25, 0.3) is 109 Å². The molecule has 0 spiro atoms. The summed E-state index contributed by atoms with van der Waals surface area (Å²) in [6, 6.07) is 7.07. The Morgan fingerprint density at radius 1 is 0.274 bits per heavy atom. The highest BCUT2D eigenvalue weighted by Crippen LogP contribution is 2.39. The second kappa shape index (κ2) is 21.2. The summed E-state index contributed by atoms with van der Waals surface area (Å²) in [5, 5.41) is 3.63.